The fourth-order valence-corrected chi connectivity index (χ4v) is 6.91. The summed E-state index contributed by atoms with van der Waals surface area (Å²) >= 11 is 0. The van der Waals surface area contributed by atoms with Crippen LogP contribution in [0.15, 0.2) is 30.3 Å². The minimum atomic E-state index is -1.40. The summed E-state index contributed by atoms with van der Waals surface area (Å²) in [6.45, 7) is 8.56. The molecule has 0 aliphatic heterocycles. The van der Waals surface area contributed by atoms with Crippen molar-refractivity contribution in [3.63, 3.8) is 0 Å². The van der Waals surface area contributed by atoms with E-state index in [2.05, 4.69) is 38.8 Å². The minimum absolute atomic E-state index is 0.0496. The van der Waals surface area contributed by atoms with Gasteiger partial charge in [-0.3, -0.25) is 29.4 Å². The van der Waals surface area contributed by atoms with Gasteiger partial charge < -0.3 is 53.6 Å². The van der Waals surface area contributed by atoms with E-state index in [1.165, 1.54) is 71.1 Å². The van der Waals surface area contributed by atoms with Gasteiger partial charge in [0.1, 0.15) is 24.2 Å². The molecular formula is C45H81N9O7. The number of hydrogen-bond donors (Lipinski definition) is 11. The largest absolute Gasteiger partial charge is 0.394 e. The van der Waals surface area contributed by atoms with E-state index < -0.39 is 77.8 Å². The Morgan fingerprint density at radius 1 is 0.623 bits per heavy atom. The van der Waals surface area contributed by atoms with Crippen molar-refractivity contribution in [2.45, 2.75) is 193 Å². The molecule has 0 aromatic heterocycles. The zero-order valence-corrected chi connectivity index (χ0v) is 37.7. The van der Waals surface area contributed by atoms with Crippen LogP contribution >= 0.6 is 0 Å². The molecule has 0 saturated carbocycles. The number of amides is 5. The molecule has 348 valence electrons. The van der Waals surface area contributed by atoms with Crippen LogP contribution < -0.4 is 43.4 Å². The highest BCUT2D eigenvalue weighted by Gasteiger charge is 2.34. The van der Waals surface area contributed by atoms with Crippen LogP contribution in [0.3, 0.4) is 0 Å². The molecule has 13 N–H and O–H groups in total. The number of unbranched alkanes of at least 4 members (excludes halogenated alkanes) is 13. The number of rotatable bonds is 34. The summed E-state index contributed by atoms with van der Waals surface area (Å²) in [6.07, 6.45) is 16.6. The first-order chi connectivity index (χ1) is 29.1. The maximum absolute atomic E-state index is 13.9. The van der Waals surface area contributed by atoms with Gasteiger partial charge in [-0.05, 0) is 44.6 Å². The summed E-state index contributed by atoms with van der Waals surface area (Å²) < 4.78 is 0. The Morgan fingerprint density at radius 2 is 1.11 bits per heavy atom. The number of hydrogen-bond acceptors (Lipinski definition) is 9. The average Bonchev–Trinajstić information content (AvgIpc) is 3.22. The number of guanidine groups is 1. The van der Waals surface area contributed by atoms with E-state index in [0.29, 0.717) is 12.8 Å². The molecule has 0 fully saturated rings. The van der Waals surface area contributed by atoms with Gasteiger partial charge in [0, 0.05) is 19.0 Å². The molecule has 5 amide bonds. The predicted molar refractivity (Wildman–Crippen MR) is 241 cm³/mol. The van der Waals surface area contributed by atoms with Gasteiger partial charge in [0.15, 0.2) is 5.96 Å². The number of nitrogens with one attached hydrogen (secondary N) is 7. The van der Waals surface area contributed by atoms with Crippen molar-refractivity contribution in [2.24, 2.45) is 17.4 Å². The monoisotopic (exact) mass is 860 g/mol. The van der Waals surface area contributed by atoms with Gasteiger partial charge in [-0.2, -0.15) is 0 Å². The molecule has 0 saturated heterocycles. The number of aliphatic hydroxyl groups is 2. The first-order valence-electron chi connectivity index (χ1n) is 22.8. The Bertz CT molecular complexity index is 1420. The summed E-state index contributed by atoms with van der Waals surface area (Å²) in [5.74, 6) is -3.99. The Morgan fingerprint density at radius 3 is 1.62 bits per heavy atom. The van der Waals surface area contributed by atoms with Crippen molar-refractivity contribution in [1.82, 2.24) is 31.9 Å². The standard InChI is InChI=1S/C45H81N9O7/c1-6-7-8-9-10-11-12-13-14-15-16-17-18-22-26-35(46)40(57)54-39(33(5)56)44(61)53-38(31(2)3)43(60)52-37(29-34-24-20-19-21-25-34)42(59)51-36(27-23-28-49-45(47)48)41(58)50-32(4)30-55/h19-21,24-25,31-33,35-39,55-56H,6-18,22-23,26-30,46H2,1-5H3,(H,50,58)(H,51,59)(H,52,60)(H,53,61)(H,54,57)(H4,47,48,49)/t32-,33-,35?,36+,37+,38+,39+/m1/s1. The lowest BCUT2D eigenvalue weighted by Gasteiger charge is -2.29. The van der Waals surface area contributed by atoms with Gasteiger partial charge in [-0.1, -0.05) is 141 Å². The van der Waals surface area contributed by atoms with E-state index in [-0.39, 0.29) is 32.0 Å². The van der Waals surface area contributed by atoms with E-state index >= 15 is 0 Å². The van der Waals surface area contributed by atoms with Crippen LogP contribution in [0.4, 0.5) is 0 Å². The summed E-state index contributed by atoms with van der Waals surface area (Å²) in [5, 5.41) is 43.5. The molecule has 0 aliphatic carbocycles. The highest BCUT2D eigenvalue weighted by Crippen LogP contribution is 2.14. The van der Waals surface area contributed by atoms with Gasteiger partial charge >= 0.3 is 0 Å². The van der Waals surface area contributed by atoms with Crippen LogP contribution in [0.25, 0.3) is 0 Å². The van der Waals surface area contributed by atoms with E-state index in [1.54, 1.807) is 45.0 Å². The van der Waals surface area contributed by atoms with Crippen molar-refractivity contribution in [3.8, 4) is 0 Å². The predicted octanol–water partition coefficient (Wildman–Crippen LogP) is 3.16. The van der Waals surface area contributed by atoms with Crippen LogP contribution in [0, 0.1) is 11.3 Å². The second-order valence-corrected chi connectivity index (χ2v) is 16.8. The maximum Gasteiger partial charge on any atom is 0.245 e. The number of benzene rings is 1. The molecule has 0 heterocycles. The fraction of sp³-hybridized carbons (Fsp3) is 0.733. The summed E-state index contributed by atoms with van der Waals surface area (Å²) in [5.41, 5.74) is 12.3. The molecule has 61 heavy (non-hydrogen) atoms. The number of nitrogens with two attached hydrogens (primary N) is 2. The zero-order valence-electron chi connectivity index (χ0n) is 37.7. The summed E-state index contributed by atoms with van der Waals surface area (Å²) in [7, 11) is 0. The SMILES string of the molecule is CCCCCCCCCCCCCCCCC(N)C(=O)N[C@H](C(=O)N[C@H](C(=O)N[C@@H](Cc1ccccc1)C(=O)N[C@@H](CCCNC(=N)N)C(=O)N[C@H](C)CO)C(C)C)[C@@H](C)O. The van der Waals surface area contributed by atoms with E-state index in [1.807, 2.05) is 6.07 Å². The van der Waals surface area contributed by atoms with Gasteiger partial charge in [0.25, 0.3) is 0 Å². The number of carbonyl (C=O) groups excluding carboxylic acids is 5. The first-order valence-corrected chi connectivity index (χ1v) is 22.8. The Hall–Kier alpha value is -4.28. The third-order valence-electron chi connectivity index (χ3n) is 10.7. The number of aliphatic hydroxyl groups excluding tert-OH is 2. The highest BCUT2D eigenvalue weighted by atomic mass is 16.3. The molecule has 0 aliphatic rings. The normalized spacial score (nSPS) is 14.7. The molecule has 0 spiro atoms. The van der Waals surface area contributed by atoms with Gasteiger partial charge in [-0.15, -0.1) is 0 Å². The molecular weight excluding hydrogens is 779 g/mol. The summed E-state index contributed by atoms with van der Waals surface area (Å²) in [4.78, 5) is 67.7. The van der Waals surface area contributed by atoms with Crippen LogP contribution in [0.1, 0.15) is 149 Å². The Kier molecular flexibility index (Phi) is 29.1. The Labute approximate surface area is 365 Å². The minimum Gasteiger partial charge on any atom is -0.394 e. The van der Waals surface area contributed by atoms with Crippen LogP contribution in [0.5, 0.6) is 0 Å². The zero-order chi connectivity index (χ0) is 45.6. The van der Waals surface area contributed by atoms with Crippen molar-refractivity contribution < 1.29 is 34.2 Å². The Balaban J connectivity index is 2.88. The van der Waals surface area contributed by atoms with Crippen molar-refractivity contribution in [2.75, 3.05) is 13.2 Å². The lowest BCUT2D eigenvalue weighted by molar-refractivity contribution is -0.136. The average molecular weight is 860 g/mol. The van der Waals surface area contributed by atoms with Gasteiger partial charge in [-0.25, -0.2) is 0 Å². The topological polar surface area (TPSA) is 274 Å². The molecule has 1 unspecified atom stereocenters. The van der Waals surface area contributed by atoms with E-state index in [4.69, 9.17) is 16.9 Å². The molecule has 16 nitrogen and oxygen atoms in total. The lowest BCUT2D eigenvalue weighted by atomic mass is 9.99. The third kappa shape index (κ3) is 24.7. The quantitative estimate of drug-likeness (QED) is 0.0274. The second-order valence-electron chi connectivity index (χ2n) is 16.8. The van der Waals surface area contributed by atoms with Crippen LogP contribution in [0.2, 0.25) is 0 Å². The second kappa shape index (κ2) is 32.4. The number of carbonyl (C=O) groups is 5. The highest BCUT2D eigenvalue weighted by molar-refractivity contribution is 5.96. The van der Waals surface area contributed by atoms with Crippen LogP contribution in [-0.4, -0.2) is 101 Å². The van der Waals surface area contributed by atoms with Gasteiger partial charge in [0.2, 0.25) is 29.5 Å². The smallest absolute Gasteiger partial charge is 0.245 e. The van der Waals surface area contributed by atoms with Crippen molar-refractivity contribution in [1.29, 1.82) is 5.41 Å². The molecule has 16 heteroatoms. The molecule has 0 bridgehead atoms. The fourth-order valence-electron chi connectivity index (χ4n) is 6.91. The molecule has 7 atom stereocenters. The van der Waals surface area contributed by atoms with E-state index in [0.717, 1.165) is 31.2 Å². The van der Waals surface area contributed by atoms with Crippen molar-refractivity contribution >= 4 is 35.5 Å². The molecule has 1 aromatic rings. The molecule has 1 rings (SSSR count). The maximum atomic E-state index is 13.9. The summed E-state index contributed by atoms with van der Waals surface area (Å²) in [6, 6.07) is 2.67. The first kappa shape index (κ1) is 54.7. The molecule has 0 radical (unpaired) electrons. The van der Waals surface area contributed by atoms with Crippen LogP contribution in [-0.2, 0) is 30.4 Å². The third-order valence-corrected chi connectivity index (χ3v) is 10.7. The van der Waals surface area contributed by atoms with Crippen molar-refractivity contribution in [3.05, 3.63) is 35.9 Å². The van der Waals surface area contributed by atoms with E-state index in [9.17, 15) is 34.2 Å². The molecule has 1 aromatic carbocycles. The lowest BCUT2D eigenvalue weighted by Crippen LogP contribution is -2.62. The van der Waals surface area contributed by atoms with Gasteiger partial charge in [0.05, 0.1) is 18.8 Å².